The summed E-state index contributed by atoms with van der Waals surface area (Å²) < 4.78 is 7.09. The number of hydrogen-bond donors (Lipinski definition) is 1. The average Bonchev–Trinajstić information content (AvgIpc) is 3.66. The van der Waals surface area contributed by atoms with Gasteiger partial charge in [-0.05, 0) is 50.0 Å². The molecule has 4 aliphatic rings. The van der Waals surface area contributed by atoms with Crippen molar-refractivity contribution in [3.05, 3.63) is 61.2 Å². The van der Waals surface area contributed by atoms with Gasteiger partial charge in [-0.1, -0.05) is 82.5 Å². The van der Waals surface area contributed by atoms with Gasteiger partial charge in [0.05, 0.1) is 30.1 Å². The second-order valence-corrected chi connectivity index (χ2v) is 14.1. The van der Waals surface area contributed by atoms with Crippen LogP contribution in [0.1, 0.15) is 84.1 Å². The van der Waals surface area contributed by atoms with E-state index in [9.17, 15) is 19.5 Å². The minimum absolute atomic E-state index is 0.0689. The number of rotatable bonds is 14. The minimum Gasteiger partial charge on any atom is -0.394 e. The van der Waals surface area contributed by atoms with Gasteiger partial charge in [0.25, 0.3) is 0 Å². The highest BCUT2D eigenvalue weighted by Gasteiger charge is 2.79. The SMILES string of the molecule is C=CCN(Cc1ccccc1)C(=O)[C@@H]1[C@H]2C(=O)N([C@@H](CO)CC(C)C)C(C(=O)N(CC=C)C3CCCCC3)C23CC[C@@]1(CC)O3. The molecule has 8 nitrogen and oxygen atoms in total. The molecule has 3 heterocycles. The molecule has 1 N–H and O–H groups in total. The van der Waals surface area contributed by atoms with Crippen molar-refractivity contribution in [2.45, 2.75) is 114 Å². The van der Waals surface area contributed by atoms with Gasteiger partial charge in [0.2, 0.25) is 17.7 Å². The molecule has 1 spiro atoms. The van der Waals surface area contributed by atoms with Crippen molar-refractivity contribution in [2.75, 3.05) is 19.7 Å². The number of carbonyl (C=O) groups excluding carboxylic acids is 3. The van der Waals surface area contributed by atoms with Crippen molar-refractivity contribution in [3.8, 4) is 0 Å². The molecule has 1 aliphatic carbocycles. The summed E-state index contributed by atoms with van der Waals surface area (Å²) in [4.78, 5) is 50.0. The summed E-state index contributed by atoms with van der Waals surface area (Å²) in [6.45, 7) is 14.9. The molecule has 1 aromatic rings. The van der Waals surface area contributed by atoms with Crippen LogP contribution < -0.4 is 0 Å². The van der Waals surface area contributed by atoms with Crippen LogP contribution in [0.15, 0.2) is 55.6 Å². The number of fused-ring (bicyclic) bond motifs is 1. The van der Waals surface area contributed by atoms with E-state index in [2.05, 4.69) is 27.0 Å². The van der Waals surface area contributed by atoms with Crippen LogP contribution in [0.5, 0.6) is 0 Å². The molecule has 0 radical (unpaired) electrons. The highest BCUT2D eigenvalue weighted by Crippen LogP contribution is 2.65. The van der Waals surface area contributed by atoms with Gasteiger partial charge in [0.15, 0.2) is 0 Å². The zero-order valence-corrected chi connectivity index (χ0v) is 27.5. The molecule has 1 aromatic carbocycles. The van der Waals surface area contributed by atoms with Gasteiger partial charge in [-0.25, -0.2) is 0 Å². The minimum atomic E-state index is -1.13. The Morgan fingerprint density at radius 2 is 1.76 bits per heavy atom. The highest BCUT2D eigenvalue weighted by molar-refractivity contribution is 5.99. The zero-order chi connectivity index (χ0) is 32.4. The Morgan fingerprint density at radius 3 is 2.36 bits per heavy atom. The van der Waals surface area contributed by atoms with E-state index in [1.54, 1.807) is 22.0 Å². The van der Waals surface area contributed by atoms with Crippen LogP contribution in [0.4, 0.5) is 0 Å². The predicted molar refractivity (Wildman–Crippen MR) is 175 cm³/mol. The van der Waals surface area contributed by atoms with Crippen LogP contribution >= 0.6 is 0 Å². The lowest BCUT2D eigenvalue weighted by atomic mass is 9.64. The maximum Gasteiger partial charge on any atom is 0.248 e. The molecule has 3 aliphatic heterocycles. The van der Waals surface area contributed by atoms with Gasteiger partial charge in [-0.2, -0.15) is 0 Å². The smallest absolute Gasteiger partial charge is 0.248 e. The lowest BCUT2D eigenvalue weighted by Crippen LogP contribution is -2.60. The van der Waals surface area contributed by atoms with Gasteiger partial charge in [0.1, 0.15) is 11.6 Å². The Kier molecular flexibility index (Phi) is 10.2. The van der Waals surface area contributed by atoms with Crippen LogP contribution in [0, 0.1) is 17.8 Å². The van der Waals surface area contributed by atoms with Crippen molar-refractivity contribution in [3.63, 3.8) is 0 Å². The molecular formula is C37H53N3O5. The molecule has 45 heavy (non-hydrogen) atoms. The summed E-state index contributed by atoms with van der Waals surface area (Å²) in [7, 11) is 0. The van der Waals surface area contributed by atoms with Crippen LogP contribution in [-0.4, -0.2) is 86.6 Å². The van der Waals surface area contributed by atoms with E-state index >= 15 is 0 Å². The Labute approximate surface area is 269 Å². The number of benzene rings is 1. The lowest BCUT2D eigenvalue weighted by Gasteiger charge is -2.42. The third-order valence-corrected chi connectivity index (χ3v) is 11.0. The number of aliphatic hydroxyl groups excluding tert-OH is 1. The van der Waals surface area contributed by atoms with Crippen LogP contribution in [0.2, 0.25) is 0 Å². The number of likely N-dealkylation sites (tertiary alicyclic amines) is 1. The van der Waals surface area contributed by atoms with Crippen molar-refractivity contribution in [2.24, 2.45) is 17.8 Å². The van der Waals surface area contributed by atoms with E-state index in [0.717, 1.165) is 37.7 Å². The first-order valence-corrected chi connectivity index (χ1v) is 17.2. The van der Waals surface area contributed by atoms with Gasteiger partial charge in [-0.15, -0.1) is 13.2 Å². The Morgan fingerprint density at radius 1 is 1.07 bits per heavy atom. The number of ether oxygens (including phenoxy) is 1. The number of aliphatic hydroxyl groups is 1. The summed E-state index contributed by atoms with van der Waals surface area (Å²) in [6, 6.07) is 8.46. The molecule has 0 aromatic heterocycles. The molecule has 4 fully saturated rings. The van der Waals surface area contributed by atoms with Crippen LogP contribution in [0.25, 0.3) is 0 Å². The van der Waals surface area contributed by atoms with E-state index in [1.165, 1.54) is 0 Å². The monoisotopic (exact) mass is 619 g/mol. The standard InChI is InChI=1S/C37H53N3O5/c1-6-21-38(24-27-15-11-9-12-16-27)33(42)30-31-34(43)40(29(25-41)23-26(4)5)32(37(31)20-19-36(30,8-3)45-37)35(44)39(22-7-2)28-17-13-10-14-18-28/h6-7,9,11-12,15-16,26,28-32,41H,1-2,8,10,13-14,17-25H2,3-5H3/t29-,30+,31+,32?,36-,37?/m1/s1. The summed E-state index contributed by atoms with van der Waals surface area (Å²) in [5.41, 5.74) is -0.969. The summed E-state index contributed by atoms with van der Waals surface area (Å²) in [5.74, 6) is -1.83. The van der Waals surface area contributed by atoms with Gasteiger partial charge >= 0.3 is 0 Å². The largest absolute Gasteiger partial charge is 0.394 e. The van der Waals surface area contributed by atoms with E-state index < -0.39 is 35.1 Å². The molecule has 2 bridgehead atoms. The van der Waals surface area contributed by atoms with Crippen molar-refractivity contribution >= 4 is 17.7 Å². The molecule has 3 amide bonds. The molecule has 8 heteroatoms. The quantitative estimate of drug-likeness (QED) is 0.293. The second-order valence-electron chi connectivity index (χ2n) is 14.1. The van der Waals surface area contributed by atoms with Crippen molar-refractivity contribution in [1.29, 1.82) is 0 Å². The zero-order valence-electron chi connectivity index (χ0n) is 27.5. The third-order valence-electron chi connectivity index (χ3n) is 11.0. The topological polar surface area (TPSA) is 90.4 Å². The molecule has 1 saturated carbocycles. The fourth-order valence-corrected chi connectivity index (χ4v) is 9.02. The lowest BCUT2D eigenvalue weighted by molar-refractivity contribution is -0.159. The fraction of sp³-hybridized carbons (Fsp3) is 0.649. The normalized spacial score (nSPS) is 29.9. The summed E-state index contributed by atoms with van der Waals surface area (Å²) >= 11 is 0. The van der Waals surface area contributed by atoms with E-state index in [0.29, 0.717) is 45.3 Å². The molecule has 6 atom stereocenters. The predicted octanol–water partition coefficient (Wildman–Crippen LogP) is 5.11. The number of carbonyl (C=O) groups is 3. The second kappa shape index (κ2) is 13.8. The molecule has 2 unspecified atom stereocenters. The fourth-order valence-electron chi connectivity index (χ4n) is 9.02. The number of hydrogen-bond acceptors (Lipinski definition) is 5. The maximum absolute atomic E-state index is 15.0. The van der Waals surface area contributed by atoms with Gasteiger partial charge < -0.3 is 24.5 Å². The summed E-state index contributed by atoms with van der Waals surface area (Å²) in [6.07, 6.45) is 10.9. The van der Waals surface area contributed by atoms with Crippen molar-refractivity contribution < 1.29 is 24.2 Å². The Bertz CT molecular complexity index is 1250. The van der Waals surface area contributed by atoms with E-state index in [4.69, 9.17) is 4.74 Å². The first-order valence-electron chi connectivity index (χ1n) is 17.2. The first-order chi connectivity index (χ1) is 21.7. The Balaban J connectivity index is 1.59. The van der Waals surface area contributed by atoms with E-state index in [1.807, 2.05) is 42.2 Å². The van der Waals surface area contributed by atoms with Gasteiger partial charge in [-0.3, -0.25) is 14.4 Å². The molecule has 246 valence electrons. The Hall–Kier alpha value is -2.97. The molecule has 3 saturated heterocycles. The molecule has 5 rings (SSSR count). The van der Waals surface area contributed by atoms with E-state index in [-0.39, 0.29) is 36.3 Å². The third kappa shape index (κ3) is 5.89. The van der Waals surface area contributed by atoms with Crippen molar-refractivity contribution in [1.82, 2.24) is 14.7 Å². The number of nitrogens with zero attached hydrogens (tertiary/aromatic N) is 3. The van der Waals surface area contributed by atoms with Gasteiger partial charge in [0, 0.05) is 25.7 Å². The summed E-state index contributed by atoms with van der Waals surface area (Å²) in [5, 5.41) is 10.7. The highest BCUT2D eigenvalue weighted by atomic mass is 16.5. The average molecular weight is 620 g/mol. The first kappa shape index (κ1) is 33.4. The molecular weight excluding hydrogens is 566 g/mol. The number of amides is 3. The van der Waals surface area contributed by atoms with Crippen LogP contribution in [-0.2, 0) is 25.7 Å². The maximum atomic E-state index is 15.0. The van der Waals surface area contributed by atoms with Crippen LogP contribution in [0.3, 0.4) is 0 Å².